The van der Waals surface area contributed by atoms with Gasteiger partial charge in [0, 0.05) is 11.0 Å². The Labute approximate surface area is 114 Å². The van der Waals surface area contributed by atoms with Gasteiger partial charge < -0.3 is 0 Å². The molecule has 0 atom stereocenters. The van der Waals surface area contributed by atoms with Crippen LogP contribution in [0, 0.1) is 0 Å². The van der Waals surface area contributed by atoms with E-state index < -0.39 is 0 Å². The maximum atomic E-state index is 11.9. The van der Waals surface area contributed by atoms with Crippen molar-refractivity contribution in [2.45, 2.75) is 9.92 Å². The first-order valence-corrected chi connectivity index (χ1v) is 6.75. The molecule has 1 N–H and O–H groups in total. The fraction of sp³-hybridized carbons (Fsp3) is 0. The molecule has 4 heteroatoms. The summed E-state index contributed by atoms with van der Waals surface area (Å²) in [5.41, 5.74) is 0.789. The molecule has 1 aromatic heterocycles. The number of H-pyrrole nitrogens is 1. The number of rotatable bonds is 3. The minimum Gasteiger partial charge on any atom is -0.284 e. The molecule has 0 spiro atoms. The summed E-state index contributed by atoms with van der Waals surface area (Å²) in [6.07, 6.45) is 0. The van der Waals surface area contributed by atoms with E-state index in [0.29, 0.717) is 0 Å². The number of aromatic nitrogens is 2. The number of aromatic amines is 1. The lowest BCUT2D eigenvalue weighted by Gasteiger charge is -2.01. The number of benzene rings is 2. The van der Waals surface area contributed by atoms with E-state index in [4.69, 9.17) is 0 Å². The Kier molecular flexibility index (Phi) is 3.25. The summed E-state index contributed by atoms with van der Waals surface area (Å²) >= 11 is 1.54. The molecular weight excluding hydrogens is 256 g/mol. The van der Waals surface area contributed by atoms with Gasteiger partial charge in [0.25, 0.3) is 5.56 Å². The average molecular weight is 268 g/mol. The Hall–Kier alpha value is -2.20. The van der Waals surface area contributed by atoms with Gasteiger partial charge in [-0.15, -0.1) is 0 Å². The van der Waals surface area contributed by atoms with Gasteiger partial charge in [0.2, 0.25) is 0 Å². The van der Waals surface area contributed by atoms with Gasteiger partial charge in [-0.1, -0.05) is 48.2 Å². The molecule has 0 aliphatic rings. The van der Waals surface area contributed by atoms with Crippen molar-refractivity contribution in [2.75, 3.05) is 0 Å². The number of para-hydroxylation sites is 1. The molecule has 94 valence electrons. The normalized spacial score (nSPS) is 10.5. The lowest BCUT2D eigenvalue weighted by Crippen LogP contribution is -2.12. The molecular formula is C15H12N2OS. The van der Waals surface area contributed by atoms with E-state index in [2.05, 4.69) is 5.10 Å². The predicted molar refractivity (Wildman–Crippen MR) is 77.0 cm³/mol. The van der Waals surface area contributed by atoms with Crippen LogP contribution in [0.1, 0.15) is 0 Å². The molecule has 0 radical (unpaired) electrons. The number of hydrogen-bond donors (Lipinski definition) is 1. The molecule has 0 unspecified atom stereocenters. The second-order valence-electron chi connectivity index (χ2n) is 4.04. The lowest BCUT2D eigenvalue weighted by molar-refractivity contribution is 0.814. The molecule has 3 rings (SSSR count). The summed E-state index contributed by atoms with van der Waals surface area (Å²) in [6, 6.07) is 21.1. The molecule has 3 nitrogen and oxygen atoms in total. The zero-order valence-corrected chi connectivity index (χ0v) is 10.9. The lowest BCUT2D eigenvalue weighted by atomic mass is 10.3. The maximum absolute atomic E-state index is 11.9. The van der Waals surface area contributed by atoms with E-state index in [1.54, 1.807) is 22.5 Å². The van der Waals surface area contributed by atoms with Crippen LogP contribution in [0.15, 0.2) is 81.4 Å². The first-order chi connectivity index (χ1) is 9.33. The van der Waals surface area contributed by atoms with Gasteiger partial charge in [0.1, 0.15) is 0 Å². The van der Waals surface area contributed by atoms with Crippen LogP contribution < -0.4 is 5.56 Å². The molecule has 0 saturated heterocycles. The van der Waals surface area contributed by atoms with Crippen molar-refractivity contribution in [2.24, 2.45) is 0 Å². The standard InChI is InChI=1S/C15H12N2OS/c18-15-11-14(19-13-9-5-2-6-10-13)16-17(15)12-7-3-1-4-8-12/h1-11,16H. The third-order valence-electron chi connectivity index (χ3n) is 2.68. The zero-order chi connectivity index (χ0) is 13.1. The topological polar surface area (TPSA) is 37.8 Å². The smallest absolute Gasteiger partial charge is 0.272 e. The summed E-state index contributed by atoms with van der Waals surface area (Å²) in [5, 5.41) is 3.95. The number of nitrogens with zero attached hydrogens (tertiary/aromatic N) is 1. The van der Waals surface area contributed by atoms with Crippen molar-refractivity contribution < 1.29 is 0 Å². The Balaban J connectivity index is 1.92. The van der Waals surface area contributed by atoms with Crippen LogP contribution in [-0.2, 0) is 0 Å². The Morgan fingerprint density at radius 2 is 1.53 bits per heavy atom. The molecule has 0 aliphatic heterocycles. The highest BCUT2D eigenvalue weighted by atomic mass is 32.2. The molecule has 19 heavy (non-hydrogen) atoms. The molecule has 0 fully saturated rings. The highest BCUT2D eigenvalue weighted by molar-refractivity contribution is 7.99. The van der Waals surface area contributed by atoms with Crippen LogP contribution in [-0.4, -0.2) is 9.78 Å². The van der Waals surface area contributed by atoms with Crippen molar-refractivity contribution in [3.8, 4) is 5.69 Å². The fourth-order valence-electron chi connectivity index (χ4n) is 1.81. The monoisotopic (exact) mass is 268 g/mol. The van der Waals surface area contributed by atoms with E-state index in [-0.39, 0.29) is 5.56 Å². The van der Waals surface area contributed by atoms with Crippen molar-refractivity contribution in [3.05, 3.63) is 77.1 Å². The fourth-order valence-corrected chi connectivity index (χ4v) is 2.65. The van der Waals surface area contributed by atoms with Crippen molar-refractivity contribution in [1.29, 1.82) is 0 Å². The molecule has 0 amide bonds. The number of nitrogens with one attached hydrogen (secondary N) is 1. The molecule has 3 aromatic rings. The van der Waals surface area contributed by atoms with E-state index in [1.807, 2.05) is 60.7 Å². The zero-order valence-electron chi connectivity index (χ0n) is 10.1. The predicted octanol–water partition coefficient (Wildman–Crippen LogP) is 3.32. The summed E-state index contributed by atoms with van der Waals surface area (Å²) in [4.78, 5) is 13.0. The molecule has 1 heterocycles. The Morgan fingerprint density at radius 1 is 0.895 bits per heavy atom. The van der Waals surface area contributed by atoms with Gasteiger partial charge in [-0.3, -0.25) is 9.89 Å². The van der Waals surface area contributed by atoms with Gasteiger partial charge >= 0.3 is 0 Å². The molecule has 2 aromatic carbocycles. The van der Waals surface area contributed by atoms with Gasteiger partial charge in [-0.05, 0) is 24.3 Å². The van der Waals surface area contributed by atoms with Crippen molar-refractivity contribution in [3.63, 3.8) is 0 Å². The van der Waals surface area contributed by atoms with E-state index in [0.717, 1.165) is 15.6 Å². The third kappa shape index (κ3) is 2.63. The van der Waals surface area contributed by atoms with Crippen LogP contribution in [0.4, 0.5) is 0 Å². The van der Waals surface area contributed by atoms with Gasteiger partial charge in [0.05, 0.1) is 10.7 Å². The molecule has 0 aliphatic carbocycles. The van der Waals surface area contributed by atoms with Crippen LogP contribution in [0.2, 0.25) is 0 Å². The highest BCUT2D eigenvalue weighted by Crippen LogP contribution is 2.24. The van der Waals surface area contributed by atoms with Gasteiger partial charge in [0.15, 0.2) is 0 Å². The van der Waals surface area contributed by atoms with Crippen molar-refractivity contribution >= 4 is 11.8 Å². The number of hydrogen-bond acceptors (Lipinski definition) is 2. The highest BCUT2D eigenvalue weighted by Gasteiger charge is 2.05. The minimum absolute atomic E-state index is 0.0513. The van der Waals surface area contributed by atoms with E-state index >= 15 is 0 Å². The van der Waals surface area contributed by atoms with Crippen LogP contribution in [0.3, 0.4) is 0 Å². The van der Waals surface area contributed by atoms with Crippen LogP contribution in [0.25, 0.3) is 5.69 Å². The first-order valence-electron chi connectivity index (χ1n) is 5.93. The Morgan fingerprint density at radius 3 is 2.21 bits per heavy atom. The van der Waals surface area contributed by atoms with Crippen LogP contribution >= 0.6 is 11.8 Å². The van der Waals surface area contributed by atoms with Gasteiger partial charge in [-0.2, -0.15) is 0 Å². The first kappa shape index (κ1) is 11.9. The van der Waals surface area contributed by atoms with Crippen LogP contribution in [0.5, 0.6) is 0 Å². The third-order valence-corrected chi connectivity index (χ3v) is 3.62. The SMILES string of the molecule is O=c1cc(Sc2ccccc2)[nH]n1-c1ccccc1. The largest absolute Gasteiger partial charge is 0.284 e. The second kappa shape index (κ2) is 5.20. The summed E-state index contributed by atoms with van der Waals surface area (Å²) in [5.74, 6) is 0. The quantitative estimate of drug-likeness (QED) is 0.791. The molecule has 0 saturated carbocycles. The minimum atomic E-state index is -0.0513. The maximum Gasteiger partial charge on any atom is 0.272 e. The summed E-state index contributed by atoms with van der Waals surface area (Å²) in [7, 11) is 0. The van der Waals surface area contributed by atoms with Crippen molar-refractivity contribution in [1.82, 2.24) is 9.78 Å². The summed E-state index contributed by atoms with van der Waals surface area (Å²) in [6.45, 7) is 0. The van der Waals surface area contributed by atoms with E-state index in [1.165, 1.54) is 0 Å². The Bertz CT molecular complexity index is 717. The second-order valence-corrected chi connectivity index (χ2v) is 5.16. The molecule has 0 bridgehead atoms. The average Bonchev–Trinajstić information content (AvgIpc) is 2.82. The van der Waals surface area contributed by atoms with E-state index in [9.17, 15) is 4.79 Å². The van der Waals surface area contributed by atoms with Gasteiger partial charge in [-0.25, -0.2) is 4.68 Å². The summed E-state index contributed by atoms with van der Waals surface area (Å²) < 4.78 is 1.55.